The highest BCUT2D eigenvalue weighted by Gasteiger charge is 2.29. The van der Waals surface area contributed by atoms with Gasteiger partial charge in [0.1, 0.15) is 6.20 Å². The zero-order valence-electron chi connectivity index (χ0n) is 16.2. The molecule has 0 atom stereocenters. The van der Waals surface area contributed by atoms with Gasteiger partial charge in [0.25, 0.3) is 11.7 Å². The van der Waals surface area contributed by atoms with Crippen LogP contribution in [0, 0.1) is 6.92 Å². The molecule has 6 nitrogen and oxygen atoms in total. The summed E-state index contributed by atoms with van der Waals surface area (Å²) >= 11 is 0. The van der Waals surface area contributed by atoms with Crippen LogP contribution in [0.2, 0.25) is 0 Å². The van der Waals surface area contributed by atoms with Crippen LogP contribution in [0.1, 0.15) is 17.8 Å². The lowest BCUT2D eigenvalue weighted by Gasteiger charge is -2.05. The molecule has 0 spiro atoms. The van der Waals surface area contributed by atoms with Crippen molar-refractivity contribution in [1.29, 1.82) is 0 Å². The van der Waals surface area contributed by atoms with Gasteiger partial charge >= 0.3 is 0 Å². The molecule has 29 heavy (non-hydrogen) atoms. The predicted molar refractivity (Wildman–Crippen MR) is 104 cm³/mol. The van der Waals surface area contributed by atoms with Crippen molar-refractivity contribution in [2.75, 3.05) is 12.1 Å². The zero-order valence-corrected chi connectivity index (χ0v) is 16.9. The highest BCUT2D eigenvalue weighted by Crippen LogP contribution is 2.34. The number of halogens is 1. The Labute approximate surface area is 175 Å². The Morgan fingerprint density at radius 3 is 2.76 bits per heavy atom. The summed E-state index contributed by atoms with van der Waals surface area (Å²) in [5, 5.41) is 2.96. The van der Waals surface area contributed by atoms with Crippen molar-refractivity contribution in [2.45, 2.75) is 32.9 Å². The molecule has 150 valence electrons. The van der Waals surface area contributed by atoms with E-state index < -0.39 is 0 Å². The number of rotatable bonds is 4. The van der Waals surface area contributed by atoms with Crippen molar-refractivity contribution >= 4 is 11.6 Å². The van der Waals surface area contributed by atoms with Gasteiger partial charge < -0.3 is 27.2 Å². The van der Waals surface area contributed by atoms with Crippen LogP contribution in [0.4, 0.5) is 5.69 Å². The molecule has 0 bridgehead atoms. The number of aryl methyl sites for hydroxylation is 1. The van der Waals surface area contributed by atoms with E-state index in [1.54, 1.807) is 6.07 Å². The number of ether oxygens (including phenoxy) is 2. The third kappa shape index (κ3) is 3.68. The monoisotopic (exact) mass is 411 g/mol. The Balaban J connectivity index is 0.00000205. The van der Waals surface area contributed by atoms with E-state index in [-0.39, 0.29) is 31.7 Å². The van der Waals surface area contributed by atoms with Gasteiger partial charge in [0, 0.05) is 17.3 Å². The van der Waals surface area contributed by atoms with Crippen molar-refractivity contribution in [3.8, 4) is 22.8 Å². The lowest BCUT2D eigenvalue weighted by molar-refractivity contribution is -0.690. The van der Waals surface area contributed by atoms with Crippen LogP contribution in [0.25, 0.3) is 11.3 Å². The molecule has 0 aliphatic carbocycles. The summed E-state index contributed by atoms with van der Waals surface area (Å²) in [5.74, 6) is 2.52. The largest absolute Gasteiger partial charge is 1.00 e. The minimum atomic E-state index is -0.0559. The summed E-state index contributed by atoms with van der Waals surface area (Å²) in [6.07, 6.45) is 4.19. The predicted octanol–water partition coefficient (Wildman–Crippen LogP) is 0.0686. The fourth-order valence-corrected chi connectivity index (χ4v) is 3.93. The summed E-state index contributed by atoms with van der Waals surface area (Å²) in [6, 6.07) is 14.0. The summed E-state index contributed by atoms with van der Waals surface area (Å²) < 4.78 is 15.1. The molecule has 3 heterocycles. The van der Waals surface area contributed by atoms with E-state index in [0.29, 0.717) is 17.2 Å². The first-order chi connectivity index (χ1) is 13.7. The fourth-order valence-electron chi connectivity index (χ4n) is 3.93. The number of hydrogen-bond acceptors (Lipinski definition) is 3. The van der Waals surface area contributed by atoms with E-state index in [1.165, 1.54) is 22.6 Å². The van der Waals surface area contributed by atoms with Gasteiger partial charge in [-0.05, 0) is 25.5 Å². The summed E-state index contributed by atoms with van der Waals surface area (Å²) in [6.45, 7) is 3.60. The van der Waals surface area contributed by atoms with E-state index in [0.717, 1.165) is 19.4 Å². The number of amides is 1. The topological polar surface area (TPSA) is 56.4 Å². The van der Waals surface area contributed by atoms with Crippen molar-refractivity contribution in [3.63, 3.8) is 0 Å². The molecule has 0 saturated heterocycles. The van der Waals surface area contributed by atoms with E-state index >= 15 is 0 Å². The molecule has 0 unspecified atom stereocenters. The van der Waals surface area contributed by atoms with Crippen molar-refractivity contribution < 1.29 is 31.2 Å². The lowest BCUT2D eigenvalue weighted by Crippen LogP contribution is -3.00. The number of aromatic nitrogens is 2. The number of carbonyl (C=O) groups is 1. The van der Waals surface area contributed by atoms with Crippen molar-refractivity contribution in [1.82, 2.24) is 4.57 Å². The van der Waals surface area contributed by atoms with E-state index in [9.17, 15) is 4.79 Å². The molecule has 0 radical (unpaired) electrons. The SMILES string of the molecule is Cc1ccc(-c2c[n+](CC(=O)Nc3ccc4c(c3)OCO4)c3n2CCC3)cc1.[Cl-]. The summed E-state index contributed by atoms with van der Waals surface area (Å²) in [7, 11) is 0. The summed E-state index contributed by atoms with van der Waals surface area (Å²) in [4.78, 5) is 12.7. The molecule has 5 rings (SSSR count). The number of hydrogen-bond donors (Lipinski definition) is 1. The van der Waals surface area contributed by atoms with E-state index in [1.807, 2.05) is 12.1 Å². The molecule has 3 aromatic rings. The second-order valence-corrected chi connectivity index (χ2v) is 7.30. The normalized spacial score (nSPS) is 13.7. The molecule has 2 aliphatic rings. The maximum atomic E-state index is 12.7. The van der Waals surface area contributed by atoms with Gasteiger partial charge in [-0.1, -0.05) is 29.8 Å². The maximum Gasteiger partial charge on any atom is 0.266 e. The smallest absolute Gasteiger partial charge is 0.266 e. The second-order valence-electron chi connectivity index (χ2n) is 7.30. The van der Waals surface area contributed by atoms with Gasteiger partial charge in [0.2, 0.25) is 6.79 Å². The number of carbonyl (C=O) groups excluding carboxylic acids is 1. The van der Waals surface area contributed by atoms with Gasteiger partial charge in [-0.2, -0.15) is 0 Å². The highest BCUT2D eigenvalue weighted by atomic mass is 35.5. The molecule has 0 fully saturated rings. The van der Waals surface area contributed by atoms with Gasteiger partial charge in [-0.3, -0.25) is 4.79 Å². The van der Waals surface area contributed by atoms with E-state index in [4.69, 9.17) is 9.47 Å². The maximum absolute atomic E-state index is 12.7. The van der Waals surface area contributed by atoms with Crippen molar-refractivity contribution in [2.24, 2.45) is 0 Å². The first-order valence-electron chi connectivity index (χ1n) is 9.56. The molecule has 1 amide bonds. The Hall–Kier alpha value is -2.99. The first kappa shape index (κ1) is 19.3. The van der Waals surface area contributed by atoms with E-state index in [2.05, 4.69) is 51.8 Å². The van der Waals surface area contributed by atoms with Crippen LogP contribution < -0.4 is 31.8 Å². The lowest BCUT2D eigenvalue weighted by atomic mass is 10.1. The average Bonchev–Trinajstić information content (AvgIpc) is 3.40. The van der Waals surface area contributed by atoms with Crippen LogP contribution in [0.5, 0.6) is 11.5 Å². The minimum Gasteiger partial charge on any atom is -1.00 e. The fraction of sp³-hybridized carbons (Fsp3) is 0.273. The number of nitrogens with zero attached hydrogens (tertiary/aromatic N) is 2. The van der Waals surface area contributed by atoms with Crippen molar-refractivity contribution in [3.05, 3.63) is 60.0 Å². The third-order valence-electron chi connectivity index (χ3n) is 5.31. The van der Waals surface area contributed by atoms with Crippen LogP contribution >= 0.6 is 0 Å². The van der Waals surface area contributed by atoms with Crippen LogP contribution in [-0.2, 0) is 24.3 Å². The zero-order chi connectivity index (χ0) is 19.1. The Morgan fingerprint density at radius 1 is 1.14 bits per heavy atom. The number of imidazole rings is 1. The molecule has 1 aromatic heterocycles. The van der Waals surface area contributed by atoms with Gasteiger partial charge in [0.15, 0.2) is 23.7 Å². The van der Waals surface area contributed by atoms with Crippen LogP contribution in [0.3, 0.4) is 0 Å². The Bertz CT molecular complexity index is 1060. The van der Waals surface area contributed by atoms with Crippen LogP contribution in [-0.4, -0.2) is 17.3 Å². The quantitative estimate of drug-likeness (QED) is 0.618. The molecule has 0 saturated carbocycles. The number of anilines is 1. The van der Waals surface area contributed by atoms with Crippen LogP contribution in [0.15, 0.2) is 48.7 Å². The highest BCUT2D eigenvalue weighted by molar-refractivity contribution is 5.90. The molecule has 1 N–H and O–H groups in total. The average molecular weight is 412 g/mol. The Kier molecular flexibility index (Phi) is 5.20. The molecule has 7 heteroatoms. The molecular weight excluding hydrogens is 390 g/mol. The Morgan fingerprint density at radius 2 is 1.93 bits per heavy atom. The first-order valence-corrected chi connectivity index (χ1v) is 9.56. The standard InChI is InChI=1S/C22H21N3O3.ClH/c1-15-4-6-16(7-5-15)18-12-24(22-3-2-10-25(18)22)13-21(26)23-17-8-9-19-20(11-17)28-14-27-19;/h4-9,11-12H,2-3,10,13-14H2,1H3;1H. The molecular formula is C22H22ClN3O3. The third-order valence-corrected chi connectivity index (χ3v) is 5.31. The van der Waals surface area contributed by atoms with Gasteiger partial charge in [0.05, 0.1) is 13.0 Å². The molecule has 2 aliphatic heterocycles. The summed E-state index contributed by atoms with van der Waals surface area (Å²) in [5.41, 5.74) is 4.31. The number of nitrogens with one attached hydrogen (secondary N) is 1. The minimum absolute atomic E-state index is 0. The number of fused-ring (bicyclic) bond motifs is 2. The van der Waals surface area contributed by atoms with Gasteiger partial charge in [-0.15, -0.1) is 0 Å². The number of benzene rings is 2. The van der Waals surface area contributed by atoms with Gasteiger partial charge in [-0.25, -0.2) is 9.13 Å². The second kappa shape index (κ2) is 7.79. The molecule has 2 aromatic carbocycles.